The zero-order chi connectivity index (χ0) is 21.8. The minimum Gasteiger partial charge on any atom is -0.489 e. The van der Waals surface area contributed by atoms with Gasteiger partial charge in [0.25, 0.3) is 0 Å². The SMILES string of the molecule is CC(NC(=O)C1CC(=O)Nc2cc(F)ccc21)c1ccc(OCc2cccnc2)cc1. The molecule has 1 aliphatic rings. The quantitative estimate of drug-likeness (QED) is 0.630. The summed E-state index contributed by atoms with van der Waals surface area (Å²) in [5.74, 6) is -0.979. The summed E-state index contributed by atoms with van der Waals surface area (Å²) < 4.78 is 19.3. The average molecular weight is 419 g/mol. The summed E-state index contributed by atoms with van der Waals surface area (Å²) in [6.45, 7) is 2.29. The summed E-state index contributed by atoms with van der Waals surface area (Å²) >= 11 is 0. The third-order valence-electron chi connectivity index (χ3n) is 5.24. The topological polar surface area (TPSA) is 80.3 Å². The van der Waals surface area contributed by atoms with Gasteiger partial charge < -0.3 is 15.4 Å². The summed E-state index contributed by atoms with van der Waals surface area (Å²) in [7, 11) is 0. The number of benzene rings is 2. The van der Waals surface area contributed by atoms with Crippen LogP contribution in [0.3, 0.4) is 0 Å². The Hall–Kier alpha value is -3.74. The molecule has 7 heteroatoms. The molecule has 2 amide bonds. The lowest BCUT2D eigenvalue weighted by atomic mass is 9.89. The number of carbonyl (C=O) groups excluding carboxylic acids is 2. The van der Waals surface area contributed by atoms with Crippen molar-refractivity contribution in [2.75, 3.05) is 5.32 Å². The van der Waals surface area contributed by atoms with E-state index in [0.717, 1.165) is 11.1 Å². The van der Waals surface area contributed by atoms with Crippen LogP contribution < -0.4 is 15.4 Å². The third-order valence-corrected chi connectivity index (χ3v) is 5.24. The molecular weight excluding hydrogens is 397 g/mol. The van der Waals surface area contributed by atoms with Gasteiger partial charge in [-0.3, -0.25) is 14.6 Å². The molecule has 6 nitrogen and oxygen atoms in total. The van der Waals surface area contributed by atoms with Crippen LogP contribution in [0.1, 0.15) is 42.0 Å². The van der Waals surface area contributed by atoms with Gasteiger partial charge in [0.15, 0.2) is 0 Å². The Kier molecular flexibility index (Phi) is 5.93. The first kappa shape index (κ1) is 20.5. The molecule has 0 bridgehead atoms. The smallest absolute Gasteiger partial charge is 0.228 e. The number of ether oxygens (including phenoxy) is 1. The molecule has 0 saturated heterocycles. The maximum Gasteiger partial charge on any atom is 0.228 e. The van der Waals surface area contributed by atoms with E-state index in [-0.39, 0.29) is 24.3 Å². The van der Waals surface area contributed by atoms with Crippen LogP contribution in [0.5, 0.6) is 5.75 Å². The molecule has 0 saturated carbocycles. The summed E-state index contributed by atoms with van der Waals surface area (Å²) in [5.41, 5.74) is 2.84. The van der Waals surface area contributed by atoms with E-state index in [4.69, 9.17) is 4.74 Å². The van der Waals surface area contributed by atoms with Crippen LogP contribution in [0, 0.1) is 5.82 Å². The monoisotopic (exact) mass is 419 g/mol. The lowest BCUT2D eigenvalue weighted by Crippen LogP contribution is -2.36. The van der Waals surface area contributed by atoms with E-state index in [1.165, 1.54) is 12.1 Å². The number of hydrogen-bond donors (Lipinski definition) is 2. The van der Waals surface area contributed by atoms with Gasteiger partial charge in [-0.2, -0.15) is 0 Å². The molecular formula is C24H22FN3O3. The molecule has 0 radical (unpaired) electrons. The van der Waals surface area contributed by atoms with Crippen LogP contribution in [-0.4, -0.2) is 16.8 Å². The standard InChI is InChI=1S/C24H22FN3O3/c1-15(17-4-7-19(8-5-17)31-14-16-3-2-10-26-13-16)27-24(30)21-12-23(29)28-22-11-18(25)6-9-20(21)22/h2-11,13,15,21H,12,14H2,1H3,(H,27,30)(H,28,29). The predicted molar refractivity (Wildman–Crippen MR) is 114 cm³/mol. The molecule has 2 aromatic carbocycles. The first-order valence-electron chi connectivity index (χ1n) is 10.0. The van der Waals surface area contributed by atoms with Gasteiger partial charge in [-0.1, -0.05) is 24.3 Å². The minimum atomic E-state index is -0.658. The Balaban J connectivity index is 1.39. The number of nitrogens with zero attached hydrogens (tertiary/aromatic N) is 1. The zero-order valence-electron chi connectivity index (χ0n) is 17.0. The second-order valence-corrected chi connectivity index (χ2v) is 7.49. The summed E-state index contributed by atoms with van der Waals surface area (Å²) in [4.78, 5) is 28.9. The summed E-state index contributed by atoms with van der Waals surface area (Å²) in [6.07, 6.45) is 3.49. The number of aromatic nitrogens is 1. The normalized spacial score (nSPS) is 16.1. The van der Waals surface area contributed by atoms with Crippen LogP contribution in [0.15, 0.2) is 67.0 Å². The molecule has 0 aliphatic carbocycles. The van der Waals surface area contributed by atoms with Gasteiger partial charge in [0.1, 0.15) is 18.2 Å². The van der Waals surface area contributed by atoms with Crippen molar-refractivity contribution in [3.63, 3.8) is 0 Å². The van der Waals surface area contributed by atoms with E-state index in [1.807, 2.05) is 43.3 Å². The molecule has 0 fully saturated rings. The second kappa shape index (κ2) is 8.95. The van der Waals surface area contributed by atoms with E-state index in [2.05, 4.69) is 15.6 Å². The van der Waals surface area contributed by atoms with Crippen molar-refractivity contribution in [1.82, 2.24) is 10.3 Å². The zero-order valence-corrected chi connectivity index (χ0v) is 17.0. The van der Waals surface area contributed by atoms with Crippen LogP contribution in [-0.2, 0) is 16.2 Å². The van der Waals surface area contributed by atoms with Crippen LogP contribution >= 0.6 is 0 Å². The lowest BCUT2D eigenvalue weighted by molar-refractivity contribution is -0.126. The van der Waals surface area contributed by atoms with E-state index in [9.17, 15) is 14.0 Å². The predicted octanol–water partition coefficient (Wildman–Crippen LogP) is 4.10. The number of fused-ring (bicyclic) bond motifs is 1. The van der Waals surface area contributed by atoms with Crippen molar-refractivity contribution in [1.29, 1.82) is 0 Å². The Morgan fingerprint density at radius 2 is 2.06 bits per heavy atom. The summed E-state index contributed by atoms with van der Waals surface area (Å²) in [5, 5.41) is 5.58. The molecule has 0 spiro atoms. The number of pyridine rings is 1. The molecule has 4 rings (SSSR count). The molecule has 1 aromatic heterocycles. The van der Waals surface area contributed by atoms with E-state index >= 15 is 0 Å². The fourth-order valence-electron chi connectivity index (χ4n) is 3.57. The maximum atomic E-state index is 13.5. The first-order valence-corrected chi connectivity index (χ1v) is 10.0. The molecule has 2 heterocycles. The highest BCUT2D eigenvalue weighted by Crippen LogP contribution is 2.33. The fraction of sp³-hybridized carbons (Fsp3) is 0.208. The van der Waals surface area contributed by atoms with Crippen LogP contribution in [0.4, 0.5) is 10.1 Å². The van der Waals surface area contributed by atoms with Gasteiger partial charge in [-0.05, 0) is 48.4 Å². The van der Waals surface area contributed by atoms with E-state index < -0.39 is 11.7 Å². The number of halogens is 1. The Morgan fingerprint density at radius 3 is 2.81 bits per heavy atom. The molecule has 1 aliphatic heterocycles. The highest BCUT2D eigenvalue weighted by atomic mass is 19.1. The van der Waals surface area contributed by atoms with Gasteiger partial charge in [0.05, 0.1) is 12.0 Å². The third kappa shape index (κ3) is 4.88. The number of amides is 2. The van der Waals surface area contributed by atoms with Crippen molar-refractivity contribution >= 4 is 17.5 Å². The number of nitrogens with one attached hydrogen (secondary N) is 2. The number of hydrogen-bond acceptors (Lipinski definition) is 4. The minimum absolute atomic E-state index is 0.0261. The summed E-state index contributed by atoms with van der Waals surface area (Å²) in [6, 6.07) is 15.1. The lowest BCUT2D eigenvalue weighted by Gasteiger charge is -2.26. The van der Waals surface area contributed by atoms with Crippen molar-refractivity contribution < 1.29 is 18.7 Å². The van der Waals surface area contributed by atoms with Gasteiger partial charge in [0.2, 0.25) is 11.8 Å². The molecule has 2 unspecified atom stereocenters. The fourth-order valence-corrected chi connectivity index (χ4v) is 3.57. The van der Waals surface area contributed by atoms with Crippen molar-refractivity contribution in [2.24, 2.45) is 0 Å². The van der Waals surface area contributed by atoms with E-state index in [0.29, 0.717) is 23.6 Å². The first-order chi connectivity index (χ1) is 15.0. The maximum absolute atomic E-state index is 13.5. The van der Waals surface area contributed by atoms with Crippen LogP contribution in [0.25, 0.3) is 0 Å². The van der Waals surface area contributed by atoms with Gasteiger partial charge >= 0.3 is 0 Å². The Bertz CT molecular complexity index is 1090. The number of rotatable bonds is 6. The molecule has 3 aromatic rings. The van der Waals surface area contributed by atoms with Crippen molar-refractivity contribution in [3.05, 3.63) is 89.5 Å². The van der Waals surface area contributed by atoms with Crippen molar-refractivity contribution in [3.8, 4) is 5.75 Å². The molecule has 31 heavy (non-hydrogen) atoms. The van der Waals surface area contributed by atoms with Gasteiger partial charge in [-0.25, -0.2) is 4.39 Å². The van der Waals surface area contributed by atoms with Gasteiger partial charge in [-0.15, -0.1) is 0 Å². The Morgan fingerprint density at radius 1 is 1.26 bits per heavy atom. The highest BCUT2D eigenvalue weighted by Gasteiger charge is 2.31. The molecule has 2 N–H and O–H groups in total. The van der Waals surface area contributed by atoms with E-state index in [1.54, 1.807) is 18.5 Å². The largest absolute Gasteiger partial charge is 0.489 e. The Labute approximate surface area is 179 Å². The molecule has 158 valence electrons. The highest BCUT2D eigenvalue weighted by molar-refractivity contribution is 6.01. The molecule has 2 atom stereocenters. The number of carbonyl (C=O) groups is 2. The average Bonchev–Trinajstić information content (AvgIpc) is 2.77. The van der Waals surface area contributed by atoms with Crippen molar-refractivity contribution in [2.45, 2.75) is 31.9 Å². The van der Waals surface area contributed by atoms with Gasteiger partial charge in [0, 0.05) is 30.1 Å². The number of anilines is 1. The van der Waals surface area contributed by atoms with Crippen LogP contribution in [0.2, 0.25) is 0 Å². The second-order valence-electron chi connectivity index (χ2n) is 7.49.